The number of pyridine rings is 1. The van der Waals surface area contributed by atoms with E-state index in [2.05, 4.69) is 44.2 Å². The molecule has 0 aliphatic rings. The molecule has 0 bridgehead atoms. The van der Waals surface area contributed by atoms with Crippen LogP contribution in [0.25, 0.3) is 5.52 Å². The van der Waals surface area contributed by atoms with Crippen LogP contribution in [-0.4, -0.2) is 34.5 Å². The number of ether oxygens (including phenoxy) is 1. The third kappa shape index (κ3) is 3.19. The molecular weight excluding hydrogens is 252 g/mol. The van der Waals surface area contributed by atoms with Crippen LogP contribution >= 0.6 is 0 Å². The third-order valence-corrected chi connectivity index (χ3v) is 3.67. The third-order valence-electron chi connectivity index (χ3n) is 3.67. The van der Waals surface area contributed by atoms with E-state index in [1.165, 1.54) is 11.1 Å². The lowest BCUT2D eigenvalue weighted by Gasteiger charge is -2.25. The van der Waals surface area contributed by atoms with E-state index in [-0.39, 0.29) is 17.9 Å². The van der Waals surface area contributed by atoms with E-state index in [4.69, 9.17) is 9.84 Å². The van der Waals surface area contributed by atoms with Crippen LogP contribution in [0.5, 0.6) is 0 Å². The van der Waals surface area contributed by atoms with Crippen LogP contribution in [0.3, 0.4) is 0 Å². The van der Waals surface area contributed by atoms with E-state index < -0.39 is 0 Å². The second kappa shape index (κ2) is 5.94. The molecule has 0 saturated carbocycles. The largest absolute Gasteiger partial charge is 0.396 e. The van der Waals surface area contributed by atoms with Crippen molar-refractivity contribution in [2.45, 2.75) is 33.1 Å². The van der Waals surface area contributed by atoms with Crippen LogP contribution in [0.15, 0.2) is 24.5 Å². The molecule has 0 aliphatic carbocycles. The van der Waals surface area contributed by atoms with Gasteiger partial charge in [-0.25, -0.2) is 4.52 Å². The number of hydrogen-bond acceptors (Lipinski definition) is 3. The van der Waals surface area contributed by atoms with Crippen molar-refractivity contribution < 1.29 is 9.84 Å². The number of aromatic nitrogens is 2. The van der Waals surface area contributed by atoms with Gasteiger partial charge in [0, 0.05) is 24.1 Å². The first-order valence-corrected chi connectivity index (χ1v) is 7.07. The van der Waals surface area contributed by atoms with E-state index >= 15 is 0 Å². The Kier molecular flexibility index (Phi) is 4.45. The standard InChI is InChI=1S/C16H24N2O2/c1-12(9-19)10-20-11-16(3,4)14-5-6-15-13(2)7-17-18(15)8-14/h5-8,12,19H,9-11H2,1-4H3. The number of aliphatic hydroxyl groups excluding tert-OH is 1. The van der Waals surface area contributed by atoms with Gasteiger partial charge in [0.15, 0.2) is 0 Å². The van der Waals surface area contributed by atoms with Gasteiger partial charge in [0.25, 0.3) is 0 Å². The molecule has 0 fully saturated rings. The molecule has 0 aliphatic heterocycles. The van der Waals surface area contributed by atoms with Crippen molar-refractivity contribution in [3.63, 3.8) is 0 Å². The predicted molar refractivity (Wildman–Crippen MR) is 80.0 cm³/mol. The summed E-state index contributed by atoms with van der Waals surface area (Å²) >= 11 is 0. The molecule has 0 amide bonds. The Morgan fingerprint density at radius 2 is 2.15 bits per heavy atom. The zero-order chi connectivity index (χ0) is 14.8. The second-order valence-electron chi connectivity index (χ2n) is 6.26. The monoisotopic (exact) mass is 276 g/mol. The van der Waals surface area contributed by atoms with Gasteiger partial charge in [-0.2, -0.15) is 5.10 Å². The minimum absolute atomic E-state index is 0.0801. The molecule has 1 unspecified atom stereocenters. The number of aryl methyl sites for hydroxylation is 1. The van der Waals surface area contributed by atoms with Crippen LogP contribution in [0.4, 0.5) is 0 Å². The lowest BCUT2D eigenvalue weighted by atomic mass is 9.86. The first-order chi connectivity index (χ1) is 9.44. The average Bonchev–Trinajstić information content (AvgIpc) is 2.79. The van der Waals surface area contributed by atoms with Gasteiger partial charge in [-0.1, -0.05) is 26.8 Å². The molecule has 20 heavy (non-hydrogen) atoms. The summed E-state index contributed by atoms with van der Waals surface area (Å²) in [7, 11) is 0. The maximum Gasteiger partial charge on any atom is 0.0690 e. The van der Waals surface area contributed by atoms with Crippen molar-refractivity contribution in [3.8, 4) is 0 Å². The highest BCUT2D eigenvalue weighted by molar-refractivity contribution is 5.53. The van der Waals surface area contributed by atoms with Crippen molar-refractivity contribution in [3.05, 3.63) is 35.7 Å². The van der Waals surface area contributed by atoms with Gasteiger partial charge >= 0.3 is 0 Å². The zero-order valence-electron chi connectivity index (χ0n) is 12.8. The second-order valence-corrected chi connectivity index (χ2v) is 6.26. The first-order valence-electron chi connectivity index (χ1n) is 7.07. The minimum atomic E-state index is -0.0801. The molecule has 110 valence electrons. The Labute approximate surface area is 120 Å². The number of rotatable bonds is 6. The molecule has 0 aromatic carbocycles. The Hall–Kier alpha value is -1.39. The Bertz CT molecular complexity index is 575. The fourth-order valence-corrected chi connectivity index (χ4v) is 2.16. The highest BCUT2D eigenvalue weighted by Crippen LogP contribution is 2.24. The number of hydrogen-bond donors (Lipinski definition) is 1. The summed E-state index contributed by atoms with van der Waals surface area (Å²) in [6.45, 7) is 9.74. The van der Waals surface area contributed by atoms with Gasteiger partial charge in [-0.15, -0.1) is 0 Å². The normalized spacial score (nSPS) is 13.8. The number of nitrogens with zero attached hydrogens (tertiary/aromatic N) is 2. The van der Waals surface area contributed by atoms with Gasteiger partial charge in [-0.05, 0) is 24.1 Å². The van der Waals surface area contributed by atoms with E-state index in [0.717, 1.165) is 5.52 Å². The van der Waals surface area contributed by atoms with Gasteiger partial charge in [0.1, 0.15) is 0 Å². The van der Waals surface area contributed by atoms with Crippen molar-refractivity contribution in [1.29, 1.82) is 0 Å². The maximum atomic E-state index is 9.01. The molecule has 2 aromatic rings. The molecule has 2 aromatic heterocycles. The molecule has 1 atom stereocenters. The predicted octanol–water partition coefficient (Wildman–Crippen LogP) is 2.57. The summed E-state index contributed by atoms with van der Waals surface area (Å²) in [5.41, 5.74) is 3.44. The van der Waals surface area contributed by atoms with Crippen molar-refractivity contribution in [2.75, 3.05) is 19.8 Å². The molecule has 4 heteroatoms. The smallest absolute Gasteiger partial charge is 0.0690 e. The summed E-state index contributed by atoms with van der Waals surface area (Å²) in [4.78, 5) is 0. The summed E-state index contributed by atoms with van der Waals surface area (Å²) in [6.07, 6.45) is 3.95. The summed E-state index contributed by atoms with van der Waals surface area (Å²) in [5, 5.41) is 13.4. The SMILES string of the molecule is Cc1cnn2cc(C(C)(C)COCC(C)CO)ccc12. The van der Waals surface area contributed by atoms with E-state index in [1.807, 2.05) is 17.6 Å². The lowest BCUT2D eigenvalue weighted by Crippen LogP contribution is -2.26. The van der Waals surface area contributed by atoms with Crippen LogP contribution in [0.2, 0.25) is 0 Å². The van der Waals surface area contributed by atoms with Gasteiger partial charge in [0.2, 0.25) is 0 Å². The van der Waals surface area contributed by atoms with Crippen LogP contribution < -0.4 is 0 Å². The molecule has 2 heterocycles. The lowest BCUT2D eigenvalue weighted by molar-refractivity contribution is 0.0539. The summed E-state index contributed by atoms with van der Waals surface area (Å²) in [5.74, 6) is 0.182. The van der Waals surface area contributed by atoms with Crippen LogP contribution in [0.1, 0.15) is 31.9 Å². The number of aliphatic hydroxyl groups is 1. The Balaban J connectivity index is 2.10. The first kappa shape index (κ1) is 15.0. The molecular formula is C16H24N2O2. The van der Waals surface area contributed by atoms with Crippen molar-refractivity contribution in [1.82, 2.24) is 9.61 Å². The van der Waals surface area contributed by atoms with Crippen molar-refractivity contribution in [2.24, 2.45) is 5.92 Å². The van der Waals surface area contributed by atoms with Crippen molar-refractivity contribution >= 4 is 5.52 Å². The molecule has 0 saturated heterocycles. The minimum Gasteiger partial charge on any atom is -0.396 e. The molecule has 0 radical (unpaired) electrons. The van der Waals surface area contributed by atoms with Crippen LogP contribution in [0, 0.1) is 12.8 Å². The van der Waals surface area contributed by atoms with Crippen LogP contribution in [-0.2, 0) is 10.2 Å². The molecule has 4 nitrogen and oxygen atoms in total. The fourth-order valence-electron chi connectivity index (χ4n) is 2.16. The highest BCUT2D eigenvalue weighted by Gasteiger charge is 2.22. The number of fused-ring (bicyclic) bond motifs is 1. The zero-order valence-corrected chi connectivity index (χ0v) is 12.8. The molecule has 0 spiro atoms. The Morgan fingerprint density at radius 1 is 1.40 bits per heavy atom. The van der Waals surface area contributed by atoms with E-state index in [0.29, 0.717) is 13.2 Å². The summed E-state index contributed by atoms with van der Waals surface area (Å²) in [6, 6.07) is 4.25. The fraction of sp³-hybridized carbons (Fsp3) is 0.562. The van der Waals surface area contributed by atoms with E-state index in [9.17, 15) is 0 Å². The van der Waals surface area contributed by atoms with Gasteiger partial charge in [0.05, 0.1) is 24.9 Å². The quantitative estimate of drug-likeness (QED) is 0.882. The Morgan fingerprint density at radius 3 is 2.85 bits per heavy atom. The van der Waals surface area contributed by atoms with E-state index in [1.54, 1.807) is 0 Å². The average molecular weight is 276 g/mol. The molecule has 1 N–H and O–H groups in total. The highest BCUT2D eigenvalue weighted by atomic mass is 16.5. The summed E-state index contributed by atoms with van der Waals surface area (Å²) < 4.78 is 7.65. The van der Waals surface area contributed by atoms with Gasteiger partial charge in [-0.3, -0.25) is 0 Å². The molecule has 2 rings (SSSR count). The topological polar surface area (TPSA) is 46.8 Å². The maximum absolute atomic E-state index is 9.01. The van der Waals surface area contributed by atoms with Gasteiger partial charge < -0.3 is 9.84 Å².